The number of carbonyl (C=O) groups excluding carboxylic acids is 2. The average Bonchev–Trinajstić information content (AvgIpc) is 2.97. The van der Waals surface area contributed by atoms with Gasteiger partial charge in [-0.2, -0.15) is 10.5 Å². The highest BCUT2D eigenvalue weighted by Gasteiger charge is 2.26. The molecule has 4 heterocycles. The van der Waals surface area contributed by atoms with E-state index in [0.717, 1.165) is 32.0 Å². The van der Waals surface area contributed by atoms with Crippen LogP contribution in [0.1, 0.15) is 52.9 Å². The van der Waals surface area contributed by atoms with Crippen LogP contribution in [0.4, 0.5) is 15.4 Å². The number of hydrogen-bond donors (Lipinski definition) is 1. The largest absolute Gasteiger partial charge is 0.444 e. The monoisotopic (exact) mass is 658 g/mol. The lowest BCUT2D eigenvalue weighted by Gasteiger charge is -2.35. The van der Waals surface area contributed by atoms with Crippen LogP contribution < -0.4 is 10.2 Å². The zero-order valence-electron chi connectivity index (χ0n) is 25.5. The highest BCUT2D eigenvalue weighted by atomic mass is 79.9. The Labute approximate surface area is 261 Å². The third-order valence-corrected chi connectivity index (χ3v) is 5.92. The molecule has 232 valence electrons. The summed E-state index contributed by atoms with van der Waals surface area (Å²) >= 11 is 3.09. The molecule has 0 unspecified atom stereocenters. The fourth-order valence-electron chi connectivity index (χ4n) is 3.53. The Morgan fingerprint density at radius 3 is 1.60 bits per heavy atom. The molecule has 1 N–H and O–H groups in total. The Kier molecular flexibility index (Phi) is 13.5. The van der Waals surface area contributed by atoms with Crippen molar-refractivity contribution in [3.05, 3.63) is 40.8 Å². The second-order valence-electron chi connectivity index (χ2n) is 11.4. The van der Waals surface area contributed by atoms with E-state index in [4.69, 9.17) is 20.0 Å². The molecule has 2 aromatic heterocycles. The van der Waals surface area contributed by atoms with Crippen LogP contribution in [-0.4, -0.2) is 105 Å². The van der Waals surface area contributed by atoms with Crippen molar-refractivity contribution < 1.29 is 19.1 Å². The molecule has 0 aliphatic carbocycles. The molecular weight excluding hydrogens is 620 g/mol. The molecule has 2 aromatic rings. The second kappa shape index (κ2) is 16.5. The number of nitrogens with zero attached hydrogens (tertiary/aromatic N) is 9. The predicted octanol–water partition coefficient (Wildman–Crippen LogP) is 3.34. The van der Waals surface area contributed by atoms with E-state index in [2.05, 4.69) is 41.2 Å². The molecule has 15 heteroatoms. The van der Waals surface area contributed by atoms with E-state index in [0.29, 0.717) is 42.2 Å². The predicted molar refractivity (Wildman–Crippen MR) is 162 cm³/mol. The van der Waals surface area contributed by atoms with E-state index in [1.165, 1.54) is 18.6 Å². The van der Waals surface area contributed by atoms with Crippen molar-refractivity contribution in [2.24, 2.45) is 0 Å². The molecule has 2 saturated heterocycles. The molecule has 0 bridgehead atoms. The molecule has 0 aromatic carbocycles. The number of aromatic nitrogens is 4. The number of halogens is 1. The highest BCUT2D eigenvalue weighted by molar-refractivity contribution is 9.10. The van der Waals surface area contributed by atoms with Gasteiger partial charge in [-0.1, -0.05) is 0 Å². The summed E-state index contributed by atoms with van der Waals surface area (Å²) in [5.41, 5.74) is -0.237. The molecule has 0 saturated carbocycles. The maximum absolute atomic E-state index is 12.0. The highest BCUT2D eigenvalue weighted by Crippen LogP contribution is 2.15. The number of ether oxygens (including phenoxy) is 2. The molecule has 0 atom stereocenters. The second-order valence-corrected chi connectivity index (χ2v) is 12.2. The number of nitriles is 2. The van der Waals surface area contributed by atoms with Gasteiger partial charge in [-0.25, -0.2) is 29.5 Å². The van der Waals surface area contributed by atoms with Crippen molar-refractivity contribution in [1.29, 1.82) is 10.5 Å². The lowest BCUT2D eigenvalue weighted by molar-refractivity contribution is 0.0223. The summed E-state index contributed by atoms with van der Waals surface area (Å²) in [4.78, 5) is 44.6. The van der Waals surface area contributed by atoms with Gasteiger partial charge in [0.15, 0.2) is 11.4 Å². The van der Waals surface area contributed by atoms with Gasteiger partial charge >= 0.3 is 12.2 Å². The van der Waals surface area contributed by atoms with Crippen molar-refractivity contribution in [3.63, 3.8) is 0 Å². The molecule has 2 fully saturated rings. The van der Waals surface area contributed by atoms with E-state index >= 15 is 0 Å². The van der Waals surface area contributed by atoms with Crippen LogP contribution in [0, 0.1) is 22.7 Å². The smallest absolute Gasteiger partial charge is 0.410 e. The standard InChI is InChI=1S/C14H19N5O2.C9H18N2O2.C5H2BrN3/c1-14(2,3)21-13(20)19-6-4-18(5-7-19)12-10-16-11(8-15)9-17-12;1-9(2,3)13-8(12)11-6-4-10-5-7-11;6-5-3-8-4(1-7)2-9-5/h9-10H,4-7H2,1-3H3;10H,4-7H2,1-3H3;2-3H. The molecule has 2 amide bonds. The molecule has 2 aliphatic heterocycles. The quantitative estimate of drug-likeness (QED) is 0.474. The van der Waals surface area contributed by atoms with Crippen LogP contribution in [0.25, 0.3) is 0 Å². The van der Waals surface area contributed by atoms with E-state index < -0.39 is 5.60 Å². The third-order valence-electron chi connectivity index (χ3n) is 5.51. The Morgan fingerprint density at radius 2 is 1.21 bits per heavy atom. The van der Waals surface area contributed by atoms with Gasteiger partial charge in [-0.05, 0) is 57.5 Å². The van der Waals surface area contributed by atoms with Gasteiger partial charge in [-0.15, -0.1) is 0 Å². The summed E-state index contributed by atoms with van der Waals surface area (Å²) in [5, 5.41) is 20.1. The van der Waals surface area contributed by atoms with Crippen LogP contribution >= 0.6 is 15.9 Å². The van der Waals surface area contributed by atoms with Crippen molar-refractivity contribution in [3.8, 4) is 12.1 Å². The minimum absolute atomic E-state index is 0.200. The minimum Gasteiger partial charge on any atom is -0.444 e. The van der Waals surface area contributed by atoms with Gasteiger partial charge < -0.3 is 29.5 Å². The minimum atomic E-state index is -0.479. The van der Waals surface area contributed by atoms with Gasteiger partial charge in [0.25, 0.3) is 0 Å². The zero-order valence-corrected chi connectivity index (χ0v) is 27.1. The first-order chi connectivity index (χ1) is 20.2. The summed E-state index contributed by atoms with van der Waals surface area (Å²) in [6, 6.07) is 3.80. The first-order valence-corrected chi connectivity index (χ1v) is 14.5. The Morgan fingerprint density at radius 1 is 0.744 bits per heavy atom. The summed E-state index contributed by atoms with van der Waals surface area (Å²) in [6.07, 6.45) is 5.45. The van der Waals surface area contributed by atoms with Crippen molar-refractivity contribution in [1.82, 2.24) is 35.1 Å². The van der Waals surface area contributed by atoms with Crippen LogP contribution in [0.3, 0.4) is 0 Å². The van der Waals surface area contributed by atoms with Crippen molar-refractivity contribution in [2.45, 2.75) is 52.7 Å². The topological polar surface area (TPSA) is 173 Å². The van der Waals surface area contributed by atoms with E-state index in [1.807, 2.05) is 58.6 Å². The molecule has 2 aliphatic rings. The van der Waals surface area contributed by atoms with Gasteiger partial charge in [0.05, 0.1) is 24.8 Å². The number of piperazine rings is 2. The van der Waals surface area contributed by atoms with Crippen LogP contribution in [0.15, 0.2) is 29.4 Å². The maximum atomic E-state index is 12.0. The number of nitrogens with one attached hydrogen (secondary N) is 1. The number of carbonyl (C=O) groups is 2. The fraction of sp³-hybridized carbons (Fsp3) is 0.571. The van der Waals surface area contributed by atoms with Crippen molar-refractivity contribution >= 4 is 33.9 Å². The number of amides is 2. The zero-order chi connectivity index (χ0) is 32.0. The number of hydrogen-bond acceptors (Lipinski definition) is 12. The molecule has 0 radical (unpaired) electrons. The van der Waals surface area contributed by atoms with Gasteiger partial charge in [0, 0.05) is 52.4 Å². The number of anilines is 1. The lowest BCUT2D eigenvalue weighted by atomic mass is 10.2. The first kappa shape index (κ1) is 35.1. The van der Waals surface area contributed by atoms with Crippen LogP contribution in [-0.2, 0) is 9.47 Å². The average molecular weight is 660 g/mol. The summed E-state index contributed by atoms with van der Waals surface area (Å²) in [5.74, 6) is 0.720. The fourth-order valence-corrected chi connectivity index (χ4v) is 3.74. The van der Waals surface area contributed by atoms with E-state index in [-0.39, 0.29) is 17.8 Å². The Balaban J connectivity index is 0.000000249. The summed E-state index contributed by atoms with van der Waals surface area (Å²) in [7, 11) is 0. The van der Waals surface area contributed by atoms with Crippen LogP contribution in [0.5, 0.6) is 0 Å². The Hall–Kier alpha value is -4.08. The summed E-state index contributed by atoms with van der Waals surface area (Å²) in [6.45, 7) is 16.9. The SMILES string of the molecule is CC(C)(C)OC(=O)N1CCN(c2cnc(C#N)cn2)CC1.CC(C)(C)OC(=O)N1CCNCC1.N#Cc1cnc(Br)cn1. The molecular formula is C28H39BrN10O4. The molecule has 4 rings (SSSR count). The third kappa shape index (κ3) is 13.6. The summed E-state index contributed by atoms with van der Waals surface area (Å²) < 4.78 is 11.2. The van der Waals surface area contributed by atoms with Gasteiger partial charge in [0.2, 0.25) is 0 Å². The number of rotatable bonds is 1. The Bertz CT molecular complexity index is 1250. The maximum Gasteiger partial charge on any atom is 0.410 e. The van der Waals surface area contributed by atoms with Crippen molar-refractivity contribution in [2.75, 3.05) is 57.3 Å². The van der Waals surface area contributed by atoms with E-state index in [1.54, 1.807) is 16.0 Å². The van der Waals surface area contributed by atoms with Crippen LogP contribution in [0.2, 0.25) is 0 Å². The first-order valence-electron chi connectivity index (χ1n) is 13.7. The van der Waals surface area contributed by atoms with Gasteiger partial charge in [0.1, 0.15) is 33.8 Å². The normalized spacial score (nSPS) is 15.0. The molecule has 43 heavy (non-hydrogen) atoms. The lowest BCUT2D eigenvalue weighted by Crippen LogP contribution is -2.50. The molecule has 14 nitrogen and oxygen atoms in total. The molecule has 0 spiro atoms. The van der Waals surface area contributed by atoms with E-state index in [9.17, 15) is 9.59 Å². The van der Waals surface area contributed by atoms with Gasteiger partial charge in [-0.3, -0.25) is 0 Å².